The van der Waals surface area contributed by atoms with Crippen molar-refractivity contribution in [1.29, 1.82) is 0 Å². The molecular formula is C15H6BrNO3S. The average Bonchev–Trinajstić information content (AvgIpc) is 3.13. The van der Waals surface area contributed by atoms with Crippen molar-refractivity contribution in [2.75, 3.05) is 0 Å². The van der Waals surface area contributed by atoms with Gasteiger partial charge in [0.1, 0.15) is 11.3 Å². The summed E-state index contributed by atoms with van der Waals surface area (Å²) >= 11 is 4.62. The number of ketones is 2. The van der Waals surface area contributed by atoms with E-state index in [2.05, 4.69) is 21.1 Å². The van der Waals surface area contributed by atoms with Gasteiger partial charge in [0.15, 0.2) is 0 Å². The fraction of sp³-hybridized carbons (Fsp3) is 0. The van der Waals surface area contributed by atoms with Crippen LogP contribution in [0.15, 0.2) is 44.7 Å². The highest BCUT2D eigenvalue weighted by Gasteiger charge is 2.37. The lowest BCUT2D eigenvalue weighted by Crippen LogP contribution is -2.17. The summed E-state index contributed by atoms with van der Waals surface area (Å²) in [6.07, 6.45) is 0. The highest BCUT2D eigenvalue weighted by molar-refractivity contribution is 9.10. The van der Waals surface area contributed by atoms with E-state index >= 15 is 0 Å². The first kappa shape index (κ1) is 12.7. The van der Waals surface area contributed by atoms with Gasteiger partial charge in [0, 0.05) is 15.6 Å². The largest absolute Gasteiger partial charge is 0.351 e. The van der Waals surface area contributed by atoms with E-state index in [0.717, 1.165) is 10.0 Å². The third-order valence-electron chi connectivity index (χ3n) is 3.36. The number of nitrogens with zero attached hydrogens (tertiary/aromatic N) is 1. The molecule has 1 aliphatic carbocycles. The van der Waals surface area contributed by atoms with E-state index in [0.29, 0.717) is 16.1 Å². The van der Waals surface area contributed by atoms with Crippen molar-refractivity contribution in [3.05, 3.63) is 61.9 Å². The minimum Gasteiger partial charge on any atom is -0.351 e. The first-order chi connectivity index (χ1) is 10.2. The predicted molar refractivity (Wildman–Crippen MR) is 80.8 cm³/mol. The van der Waals surface area contributed by atoms with Crippen LogP contribution in [0.5, 0.6) is 0 Å². The molecule has 0 unspecified atom stereocenters. The molecular weight excluding hydrogens is 354 g/mol. The summed E-state index contributed by atoms with van der Waals surface area (Å²) in [5.74, 6) is -0.450. The Morgan fingerprint density at radius 1 is 1.05 bits per heavy atom. The van der Waals surface area contributed by atoms with Crippen molar-refractivity contribution >= 4 is 38.8 Å². The molecule has 0 bridgehead atoms. The molecule has 3 aromatic rings. The number of benzene rings is 1. The summed E-state index contributed by atoms with van der Waals surface area (Å²) in [7, 11) is 0. The first-order valence-electron chi connectivity index (χ1n) is 6.09. The summed E-state index contributed by atoms with van der Waals surface area (Å²) in [5.41, 5.74) is 1.81. The molecule has 0 radical (unpaired) electrons. The van der Waals surface area contributed by atoms with Crippen molar-refractivity contribution < 1.29 is 14.1 Å². The van der Waals surface area contributed by atoms with Crippen molar-refractivity contribution in [2.45, 2.75) is 0 Å². The lowest BCUT2D eigenvalue weighted by atomic mass is 9.92. The highest BCUT2D eigenvalue weighted by atomic mass is 79.9. The van der Waals surface area contributed by atoms with Crippen molar-refractivity contribution in [3.8, 4) is 11.3 Å². The fourth-order valence-electron chi connectivity index (χ4n) is 2.36. The third kappa shape index (κ3) is 1.76. The minimum atomic E-state index is -0.281. The van der Waals surface area contributed by atoms with E-state index in [9.17, 15) is 9.59 Å². The zero-order valence-corrected chi connectivity index (χ0v) is 12.8. The summed E-state index contributed by atoms with van der Waals surface area (Å²) in [6, 6.07) is 8.99. The normalized spacial score (nSPS) is 13.2. The van der Waals surface area contributed by atoms with E-state index in [-0.39, 0.29) is 22.9 Å². The molecule has 4 rings (SSSR count). The van der Waals surface area contributed by atoms with Gasteiger partial charge in [-0.05, 0) is 23.6 Å². The maximum atomic E-state index is 12.6. The second-order valence-electron chi connectivity index (χ2n) is 4.56. The van der Waals surface area contributed by atoms with Gasteiger partial charge in [0.25, 0.3) is 0 Å². The van der Waals surface area contributed by atoms with Gasteiger partial charge in [-0.1, -0.05) is 33.2 Å². The summed E-state index contributed by atoms with van der Waals surface area (Å²) in [5, 5.41) is 5.67. The van der Waals surface area contributed by atoms with Crippen LogP contribution in [0.25, 0.3) is 11.3 Å². The van der Waals surface area contributed by atoms with E-state index in [1.165, 1.54) is 11.3 Å². The van der Waals surface area contributed by atoms with Gasteiger partial charge < -0.3 is 4.52 Å². The molecule has 0 fully saturated rings. The third-order valence-corrected chi connectivity index (χ3v) is 4.80. The van der Waals surface area contributed by atoms with Gasteiger partial charge in [-0.3, -0.25) is 9.59 Å². The van der Waals surface area contributed by atoms with Crippen LogP contribution in [0.3, 0.4) is 0 Å². The van der Waals surface area contributed by atoms with E-state index in [1.54, 1.807) is 11.4 Å². The number of aromatic nitrogens is 1. The van der Waals surface area contributed by atoms with Crippen molar-refractivity contribution in [2.24, 2.45) is 0 Å². The Morgan fingerprint density at radius 2 is 1.81 bits per heavy atom. The van der Waals surface area contributed by atoms with Crippen LogP contribution in [0.2, 0.25) is 0 Å². The van der Waals surface area contributed by atoms with Crippen LogP contribution in [0, 0.1) is 0 Å². The monoisotopic (exact) mass is 359 g/mol. The fourth-order valence-corrected chi connectivity index (χ4v) is 3.46. The zero-order valence-electron chi connectivity index (χ0n) is 10.4. The van der Waals surface area contributed by atoms with Gasteiger partial charge in [-0.2, -0.15) is 0 Å². The smallest absolute Gasteiger partial charge is 0.233 e. The first-order valence-corrected chi connectivity index (χ1v) is 7.76. The Labute approximate surface area is 131 Å². The summed E-state index contributed by atoms with van der Waals surface area (Å²) in [4.78, 5) is 25.4. The molecule has 6 heteroatoms. The summed E-state index contributed by atoms with van der Waals surface area (Å²) in [6.45, 7) is 0. The highest BCUT2D eigenvalue weighted by Crippen LogP contribution is 2.36. The van der Waals surface area contributed by atoms with Crippen LogP contribution < -0.4 is 0 Å². The zero-order chi connectivity index (χ0) is 14.6. The van der Waals surface area contributed by atoms with E-state index < -0.39 is 0 Å². The maximum Gasteiger partial charge on any atom is 0.233 e. The molecule has 1 aromatic carbocycles. The molecule has 0 spiro atoms. The van der Waals surface area contributed by atoms with Crippen LogP contribution in [-0.4, -0.2) is 16.7 Å². The molecule has 0 aliphatic heterocycles. The Hall–Kier alpha value is -2.05. The number of carbonyl (C=O) groups is 2. The standard InChI is InChI=1S/C15H6BrNO3S/c16-8-3-1-7(2-4-8)11-10-13(19)15-9(5-6-21-15)12(18)14(10)20-17-11/h1-6H. The number of carbonyl (C=O) groups excluding carboxylic acids is 2. The molecule has 1 aliphatic rings. The lowest BCUT2D eigenvalue weighted by molar-refractivity contribution is 0.0958. The summed E-state index contributed by atoms with van der Waals surface area (Å²) < 4.78 is 6.08. The van der Waals surface area contributed by atoms with Gasteiger partial charge >= 0.3 is 0 Å². The van der Waals surface area contributed by atoms with E-state index in [1.807, 2.05) is 24.3 Å². The molecule has 2 aromatic heterocycles. The van der Waals surface area contributed by atoms with Gasteiger partial charge in [0.2, 0.25) is 17.3 Å². The number of thiophene rings is 1. The maximum absolute atomic E-state index is 12.6. The molecule has 21 heavy (non-hydrogen) atoms. The molecule has 2 heterocycles. The predicted octanol–water partition coefficient (Wildman–Crippen LogP) is 3.94. The second kappa shape index (κ2) is 4.47. The lowest BCUT2D eigenvalue weighted by Gasteiger charge is -2.08. The van der Waals surface area contributed by atoms with Crippen LogP contribution in [0.4, 0.5) is 0 Å². The van der Waals surface area contributed by atoms with Gasteiger partial charge in [0.05, 0.1) is 4.88 Å². The SMILES string of the molecule is O=C1c2ccsc2C(=O)c2c(-c3ccc(Br)cc3)noc21. The molecule has 0 N–H and O–H groups in total. The van der Waals surface area contributed by atoms with Crippen molar-refractivity contribution in [1.82, 2.24) is 5.16 Å². The number of rotatable bonds is 1. The van der Waals surface area contributed by atoms with Crippen LogP contribution in [0.1, 0.15) is 31.4 Å². The molecule has 0 saturated carbocycles. The molecule has 0 amide bonds. The van der Waals surface area contributed by atoms with Crippen LogP contribution >= 0.6 is 27.3 Å². The number of fused-ring (bicyclic) bond motifs is 2. The quantitative estimate of drug-likeness (QED) is 0.516. The Morgan fingerprint density at radius 3 is 2.57 bits per heavy atom. The molecule has 102 valence electrons. The van der Waals surface area contributed by atoms with Gasteiger partial charge in [-0.15, -0.1) is 11.3 Å². The Bertz CT molecular complexity index is 892. The molecule has 0 atom stereocenters. The molecule has 0 saturated heterocycles. The minimum absolute atomic E-state index is 0.0313. The number of hydrogen-bond acceptors (Lipinski definition) is 5. The molecule has 4 nitrogen and oxygen atoms in total. The van der Waals surface area contributed by atoms with Crippen molar-refractivity contribution in [3.63, 3.8) is 0 Å². The number of halogens is 1. The van der Waals surface area contributed by atoms with E-state index in [4.69, 9.17) is 4.52 Å². The second-order valence-corrected chi connectivity index (χ2v) is 6.40. The van der Waals surface area contributed by atoms with Gasteiger partial charge in [-0.25, -0.2) is 0 Å². The average molecular weight is 360 g/mol. The topological polar surface area (TPSA) is 60.2 Å². The number of hydrogen-bond donors (Lipinski definition) is 0. The Kier molecular flexibility index (Phi) is 2.70. The Balaban J connectivity index is 1.94. The van der Waals surface area contributed by atoms with Crippen LogP contribution in [-0.2, 0) is 0 Å².